The average molecular weight is 296 g/mol. The van der Waals surface area contributed by atoms with E-state index >= 15 is 0 Å². The summed E-state index contributed by atoms with van der Waals surface area (Å²) in [5, 5.41) is 14.8. The Hall–Kier alpha value is -1.26. The van der Waals surface area contributed by atoms with E-state index in [-0.39, 0.29) is 12.6 Å². The SMILES string of the molecule is CC(C)CC(CNC(=O)NCC1CC2CCC1C2)C(=O)O. The summed E-state index contributed by atoms with van der Waals surface area (Å²) in [5.41, 5.74) is 0. The molecule has 4 atom stereocenters. The van der Waals surface area contributed by atoms with Crippen molar-refractivity contribution in [1.29, 1.82) is 0 Å². The first-order valence-electron chi connectivity index (χ1n) is 8.20. The van der Waals surface area contributed by atoms with Crippen LogP contribution in [0.3, 0.4) is 0 Å². The number of hydrogen-bond donors (Lipinski definition) is 3. The Labute approximate surface area is 126 Å². The number of rotatable bonds is 7. The summed E-state index contributed by atoms with van der Waals surface area (Å²) in [5.74, 6) is 1.27. The maximum absolute atomic E-state index is 11.8. The van der Waals surface area contributed by atoms with Crippen LogP contribution in [0.1, 0.15) is 46.0 Å². The summed E-state index contributed by atoms with van der Waals surface area (Å²) in [6.07, 6.45) is 5.85. The van der Waals surface area contributed by atoms with Crippen LogP contribution in [0.25, 0.3) is 0 Å². The van der Waals surface area contributed by atoms with Gasteiger partial charge in [-0.05, 0) is 49.4 Å². The molecule has 3 N–H and O–H groups in total. The number of hydrogen-bond acceptors (Lipinski definition) is 2. The predicted molar refractivity (Wildman–Crippen MR) is 80.9 cm³/mol. The van der Waals surface area contributed by atoms with Gasteiger partial charge in [-0.25, -0.2) is 4.79 Å². The number of amides is 2. The molecule has 5 nitrogen and oxygen atoms in total. The molecular formula is C16H28N2O3. The minimum atomic E-state index is -0.836. The first-order chi connectivity index (χ1) is 9.95. The minimum absolute atomic E-state index is 0.204. The Morgan fingerprint density at radius 1 is 1.19 bits per heavy atom. The molecule has 0 heterocycles. The van der Waals surface area contributed by atoms with Crippen LogP contribution in [-0.2, 0) is 4.79 Å². The third kappa shape index (κ3) is 4.61. The van der Waals surface area contributed by atoms with Gasteiger partial charge in [0.1, 0.15) is 0 Å². The van der Waals surface area contributed by atoms with Crippen molar-refractivity contribution in [3.8, 4) is 0 Å². The topological polar surface area (TPSA) is 78.4 Å². The number of aliphatic carboxylic acids is 1. The molecule has 2 rings (SSSR count). The van der Waals surface area contributed by atoms with Gasteiger partial charge in [0.25, 0.3) is 0 Å². The molecule has 0 aromatic heterocycles. The lowest BCUT2D eigenvalue weighted by Crippen LogP contribution is -2.42. The van der Waals surface area contributed by atoms with E-state index in [0.29, 0.717) is 18.3 Å². The van der Waals surface area contributed by atoms with Crippen molar-refractivity contribution >= 4 is 12.0 Å². The van der Waals surface area contributed by atoms with Gasteiger partial charge in [0.05, 0.1) is 5.92 Å². The zero-order chi connectivity index (χ0) is 15.4. The smallest absolute Gasteiger partial charge is 0.314 e. The van der Waals surface area contributed by atoms with Gasteiger partial charge >= 0.3 is 12.0 Å². The molecule has 0 aromatic carbocycles. The third-order valence-corrected chi connectivity index (χ3v) is 5.02. The Morgan fingerprint density at radius 2 is 1.95 bits per heavy atom. The second-order valence-corrected chi connectivity index (χ2v) is 7.19. The fourth-order valence-electron chi connectivity index (χ4n) is 3.97. The maximum Gasteiger partial charge on any atom is 0.314 e. The summed E-state index contributed by atoms with van der Waals surface area (Å²) in [7, 11) is 0. The van der Waals surface area contributed by atoms with Gasteiger partial charge in [0.15, 0.2) is 0 Å². The highest BCUT2D eigenvalue weighted by molar-refractivity contribution is 5.75. The maximum atomic E-state index is 11.8. The number of carboxylic acids is 1. The second-order valence-electron chi connectivity index (χ2n) is 7.19. The second kappa shape index (κ2) is 7.14. The molecule has 0 aromatic rings. The largest absolute Gasteiger partial charge is 0.481 e. The molecule has 0 spiro atoms. The molecule has 2 fully saturated rings. The quantitative estimate of drug-likeness (QED) is 0.675. The Balaban J connectivity index is 1.65. The van der Waals surface area contributed by atoms with E-state index in [4.69, 9.17) is 5.11 Å². The highest BCUT2D eigenvalue weighted by Crippen LogP contribution is 2.47. The number of urea groups is 1. The summed E-state index contributed by atoms with van der Waals surface area (Å²) >= 11 is 0. The number of carboxylic acid groups (broad SMARTS) is 1. The zero-order valence-electron chi connectivity index (χ0n) is 13.1. The normalized spacial score (nSPS) is 28.6. The van der Waals surface area contributed by atoms with Crippen molar-refractivity contribution in [1.82, 2.24) is 10.6 Å². The molecule has 0 radical (unpaired) electrons. The van der Waals surface area contributed by atoms with Gasteiger partial charge < -0.3 is 15.7 Å². The molecule has 120 valence electrons. The van der Waals surface area contributed by atoms with Crippen LogP contribution >= 0.6 is 0 Å². The molecule has 2 aliphatic carbocycles. The lowest BCUT2D eigenvalue weighted by atomic mass is 9.89. The lowest BCUT2D eigenvalue weighted by Gasteiger charge is -2.22. The van der Waals surface area contributed by atoms with Crippen LogP contribution in [0.2, 0.25) is 0 Å². The van der Waals surface area contributed by atoms with E-state index in [1.807, 2.05) is 13.8 Å². The first-order valence-corrected chi connectivity index (χ1v) is 8.20. The van der Waals surface area contributed by atoms with E-state index in [2.05, 4.69) is 10.6 Å². The number of carbonyl (C=O) groups excluding carboxylic acids is 1. The molecule has 2 saturated carbocycles. The summed E-state index contributed by atoms with van der Waals surface area (Å²) in [4.78, 5) is 22.9. The molecule has 2 aliphatic rings. The van der Waals surface area contributed by atoms with Gasteiger partial charge in [-0.15, -0.1) is 0 Å². The molecule has 0 saturated heterocycles. The van der Waals surface area contributed by atoms with E-state index in [1.54, 1.807) is 0 Å². The van der Waals surface area contributed by atoms with Crippen LogP contribution in [0, 0.1) is 29.6 Å². The van der Waals surface area contributed by atoms with Gasteiger partial charge in [0.2, 0.25) is 0 Å². The van der Waals surface area contributed by atoms with Crippen LogP contribution in [0.5, 0.6) is 0 Å². The summed E-state index contributed by atoms with van der Waals surface area (Å²) in [6, 6.07) is -0.229. The monoisotopic (exact) mass is 296 g/mol. The van der Waals surface area contributed by atoms with Crippen molar-refractivity contribution in [2.24, 2.45) is 29.6 Å². The first kappa shape index (κ1) is 16.1. The van der Waals surface area contributed by atoms with Crippen LogP contribution in [0.15, 0.2) is 0 Å². The molecule has 0 aliphatic heterocycles. The van der Waals surface area contributed by atoms with Gasteiger partial charge in [-0.3, -0.25) is 4.79 Å². The summed E-state index contributed by atoms with van der Waals surface area (Å²) < 4.78 is 0. The standard InChI is InChI=1S/C16H28N2O3/c1-10(2)5-14(15(19)20)9-18-16(21)17-8-13-7-11-3-4-12(13)6-11/h10-14H,3-9H2,1-2H3,(H,19,20)(H2,17,18,21). The van der Waals surface area contributed by atoms with Gasteiger partial charge in [-0.2, -0.15) is 0 Å². The van der Waals surface area contributed by atoms with Crippen molar-refractivity contribution in [3.63, 3.8) is 0 Å². The van der Waals surface area contributed by atoms with E-state index in [0.717, 1.165) is 18.4 Å². The molecule has 21 heavy (non-hydrogen) atoms. The van der Waals surface area contributed by atoms with Crippen LogP contribution in [0.4, 0.5) is 4.79 Å². The highest BCUT2D eigenvalue weighted by Gasteiger charge is 2.39. The zero-order valence-corrected chi connectivity index (χ0v) is 13.1. The highest BCUT2D eigenvalue weighted by atomic mass is 16.4. The minimum Gasteiger partial charge on any atom is -0.481 e. The number of nitrogens with one attached hydrogen (secondary N) is 2. The Kier molecular flexibility index (Phi) is 5.48. The average Bonchev–Trinajstić information content (AvgIpc) is 3.02. The van der Waals surface area contributed by atoms with Crippen molar-refractivity contribution in [3.05, 3.63) is 0 Å². The van der Waals surface area contributed by atoms with Crippen LogP contribution < -0.4 is 10.6 Å². The Bertz CT molecular complexity index is 384. The van der Waals surface area contributed by atoms with E-state index in [1.165, 1.54) is 25.7 Å². The Morgan fingerprint density at radius 3 is 2.48 bits per heavy atom. The van der Waals surface area contributed by atoms with Crippen molar-refractivity contribution < 1.29 is 14.7 Å². The molecule has 5 heteroatoms. The lowest BCUT2D eigenvalue weighted by molar-refractivity contribution is -0.142. The predicted octanol–water partition coefficient (Wildman–Crippen LogP) is 2.47. The van der Waals surface area contributed by atoms with Crippen LogP contribution in [-0.4, -0.2) is 30.2 Å². The van der Waals surface area contributed by atoms with Gasteiger partial charge in [-0.1, -0.05) is 20.3 Å². The number of carbonyl (C=O) groups is 2. The summed E-state index contributed by atoms with van der Waals surface area (Å²) in [6.45, 7) is 4.92. The van der Waals surface area contributed by atoms with E-state index in [9.17, 15) is 9.59 Å². The fraction of sp³-hybridized carbons (Fsp3) is 0.875. The van der Waals surface area contributed by atoms with E-state index < -0.39 is 11.9 Å². The van der Waals surface area contributed by atoms with Gasteiger partial charge in [0, 0.05) is 13.1 Å². The van der Waals surface area contributed by atoms with Crippen molar-refractivity contribution in [2.45, 2.75) is 46.0 Å². The fourth-order valence-corrected chi connectivity index (χ4v) is 3.97. The van der Waals surface area contributed by atoms with Crippen molar-refractivity contribution in [2.75, 3.05) is 13.1 Å². The third-order valence-electron chi connectivity index (χ3n) is 5.02. The molecule has 2 bridgehead atoms. The molecule has 4 unspecified atom stereocenters. The molecule has 2 amide bonds. The molecular weight excluding hydrogens is 268 g/mol. The number of fused-ring (bicyclic) bond motifs is 2.